The molecular weight excluding hydrogens is 341 g/mol. The Hall–Kier alpha value is -2.61. The van der Waals surface area contributed by atoms with E-state index in [2.05, 4.69) is 10.5 Å². The normalized spacial score (nSPS) is 11.5. The highest BCUT2D eigenvalue weighted by atomic mass is 32.1. The molecule has 0 aliphatic carbocycles. The number of aromatic nitrogens is 1. The number of alkyl halides is 3. The van der Waals surface area contributed by atoms with Crippen molar-refractivity contribution >= 4 is 17.2 Å². The highest BCUT2D eigenvalue weighted by Gasteiger charge is 2.30. The zero-order chi connectivity index (χ0) is 17.2. The van der Waals surface area contributed by atoms with E-state index in [1.54, 1.807) is 6.07 Å². The fourth-order valence-electron chi connectivity index (χ4n) is 2.01. The maximum Gasteiger partial charge on any atom is 0.416 e. The second-order valence-electron chi connectivity index (χ2n) is 4.92. The van der Waals surface area contributed by atoms with Crippen molar-refractivity contribution in [1.29, 1.82) is 0 Å². The van der Waals surface area contributed by atoms with Gasteiger partial charge in [-0.2, -0.15) is 13.2 Å². The fraction of sp³-hybridized carbons (Fsp3) is 0.125. The first-order valence-corrected chi connectivity index (χ1v) is 7.76. The predicted molar refractivity (Wildman–Crippen MR) is 82.4 cm³/mol. The van der Waals surface area contributed by atoms with Crippen LogP contribution < -0.4 is 5.32 Å². The topological polar surface area (TPSA) is 55.1 Å². The van der Waals surface area contributed by atoms with E-state index in [-0.39, 0.29) is 12.1 Å². The quantitative estimate of drug-likeness (QED) is 0.759. The number of carbonyl (C=O) groups excluding carboxylic acids is 1. The van der Waals surface area contributed by atoms with Crippen LogP contribution in [0.1, 0.15) is 21.6 Å². The van der Waals surface area contributed by atoms with E-state index >= 15 is 0 Å². The molecule has 0 saturated heterocycles. The van der Waals surface area contributed by atoms with Crippen LogP contribution in [0.3, 0.4) is 0 Å². The Morgan fingerprint density at radius 1 is 1.21 bits per heavy atom. The summed E-state index contributed by atoms with van der Waals surface area (Å²) >= 11 is 1.50. The first-order chi connectivity index (χ1) is 11.4. The van der Waals surface area contributed by atoms with Gasteiger partial charge in [0.15, 0.2) is 5.76 Å². The maximum absolute atomic E-state index is 12.5. The van der Waals surface area contributed by atoms with Crippen molar-refractivity contribution in [2.75, 3.05) is 0 Å². The molecule has 0 aliphatic rings. The van der Waals surface area contributed by atoms with Crippen molar-refractivity contribution in [3.63, 3.8) is 0 Å². The Balaban J connectivity index is 1.61. The Kier molecular flexibility index (Phi) is 4.39. The first kappa shape index (κ1) is 16.3. The molecule has 0 radical (unpaired) electrons. The Morgan fingerprint density at radius 3 is 2.58 bits per heavy atom. The molecule has 124 valence electrons. The molecule has 0 fully saturated rings. The second kappa shape index (κ2) is 6.48. The van der Waals surface area contributed by atoms with Gasteiger partial charge in [-0.3, -0.25) is 4.79 Å². The zero-order valence-electron chi connectivity index (χ0n) is 12.1. The summed E-state index contributed by atoms with van der Waals surface area (Å²) in [6.45, 7) is 0.120. The number of nitrogens with zero attached hydrogens (tertiary/aromatic N) is 1. The molecule has 0 saturated carbocycles. The fourth-order valence-corrected chi connectivity index (χ4v) is 2.69. The minimum absolute atomic E-state index is 0.120. The van der Waals surface area contributed by atoms with E-state index in [1.165, 1.54) is 11.3 Å². The third-order valence-electron chi connectivity index (χ3n) is 3.23. The molecule has 1 aromatic carbocycles. The van der Waals surface area contributed by atoms with Gasteiger partial charge in [0.05, 0.1) is 17.0 Å². The van der Waals surface area contributed by atoms with Crippen molar-refractivity contribution in [2.24, 2.45) is 0 Å². The average Bonchev–Trinajstić information content (AvgIpc) is 3.23. The second-order valence-corrected chi connectivity index (χ2v) is 5.87. The molecule has 24 heavy (non-hydrogen) atoms. The maximum atomic E-state index is 12.5. The number of nitrogens with one attached hydrogen (secondary N) is 1. The first-order valence-electron chi connectivity index (χ1n) is 6.88. The van der Waals surface area contributed by atoms with Crippen LogP contribution in [0, 0.1) is 0 Å². The molecule has 3 rings (SSSR count). The van der Waals surface area contributed by atoms with Gasteiger partial charge in [-0.1, -0.05) is 11.2 Å². The lowest BCUT2D eigenvalue weighted by Crippen LogP contribution is -2.23. The minimum Gasteiger partial charge on any atom is -0.355 e. The highest BCUT2D eigenvalue weighted by molar-refractivity contribution is 7.13. The van der Waals surface area contributed by atoms with Crippen molar-refractivity contribution < 1.29 is 22.5 Å². The van der Waals surface area contributed by atoms with E-state index in [0.717, 1.165) is 29.1 Å². The van der Waals surface area contributed by atoms with E-state index in [0.29, 0.717) is 11.5 Å². The van der Waals surface area contributed by atoms with Gasteiger partial charge in [0.25, 0.3) is 5.91 Å². The summed E-state index contributed by atoms with van der Waals surface area (Å²) in [6.07, 6.45) is -4.42. The highest BCUT2D eigenvalue weighted by Crippen LogP contribution is 2.29. The SMILES string of the molecule is O=C(NCc1cc(-c2cccs2)on1)c1ccc(C(F)(F)F)cc1. The van der Waals surface area contributed by atoms with Gasteiger partial charge < -0.3 is 9.84 Å². The van der Waals surface area contributed by atoms with Gasteiger partial charge in [-0.05, 0) is 35.7 Å². The predicted octanol–water partition coefficient (Wildman–Crippen LogP) is 4.35. The van der Waals surface area contributed by atoms with Crippen molar-refractivity contribution in [3.05, 3.63) is 64.7 Å². The third-order valence-corrected chi connectivity index (χ3v) is 4.11. The lowest BCUT2D eigenvalue weighted by atomic mass is 10.1. The summed E-state index contributed by atoms with van der Waals surface area (Å²) < 4.78 is 42.7. The minimum atomic E-state index is -4.42. The van der Waals surface area contributed by atoms with Crippen molar-refractivity contribution in [1.82, 2.24) is 10.5 Å². The molecule has 2 heterocycles. The summed E-state index contributed by atoms with van der Waals surface area (Å²) in [6, 6.07) is 9.50. The van der Waals surface area contributed by atoms with Crippen molar-refractivity contribution in [3.8, 4) is 10.6 Å². The molecular formula is C16H11F3N2O2S. The van der Waals surface area contributed by atoms with Gasteiger partial charge in [0, 0.05) is 11.6 Å². The summed E-state index contributed by atoms with van der Waals surface area (Å²) in [5.41, 5.74) is -0.125. The van der Waals surface area contributed by atoms with Crippen LogP contribution in [0.5, 0.6) is 0 Å². The summed E-state index contributed by atoms with van der Waals surface area (Å²) in [4.78, 5) is 12.9. The van der Waals surface area contributed by atoms with E-state index < -0.39 is 17.6 Å². The number of carbonyl (C=O) groups is 1. The van der Waals surface area contributed by atoms with E-state index in [1.807, 2.05) is 17.5 Å². The van der Waals surface area contributed by atoms with Gasteiger partial charge in [-0.25, -0.2) is 0 Å². The third kappa shape index (κ3) is 3.65. The Bertz CT molecular complexity index is 824. The number of amides is 1. The standard InChI is InChI=1S/C16H11F3N2O2S/c17-16(18,19)11-5-3-10(4-6-11)15(22)20-9-12-8-13(23-21-12)14-2-1-7-24-14/h1-8H,9H2,(H,20,22). The van der Waals surface area contributed by atoms with Crippen LogP contribution >= 0.6 is 11.3 Å². The lowest BCUT2D eigenvalue weighted by Gasteiger charge is -2.07. The summed E-state index contributed by atoms with van der Waals surface area (Å²) in [5, 5.41) is 8.35. The molecule has 0 aliphatic heterocycles. The molecule has 4 nitrogen and oxygen atoms in total. The lowest BCUT2D eigenvalue weighted by molar-refractivity contribution is -0.137. The monoisotopic (exact) mass is 352 g/mol. The van der Waals surface area contributed by atoms with Gasteiger partial charge in [0.2, 0.25) is 0 Å². The summed E-state index contributed by atoms with van der Waals surface area (Å²) in [7, 11) is 0. The molecule has 1 amide bonds. The molecule has 0 spiro atoms. The smallest absolute Gasteiger partial charge is 0.355 e. The van der Waals surface area contributed by atoms with E-state index in [4.69, 9.17) is 4.52 Å². The number of benzene rings is 1. The molecule has 0 atom stereocenters. The molecule has 2 aromatic heterocycles. The number of rotatable bonds is 4. The molecule has 0 unspecified atom stereocenters. The number of thiophene rings is 1. The Morgan fingerprint density at radius 2 is 1.96 bits per heavy atom. The zero-order valence-corrected chi connectivity index (χ0v) is 12.9. The van der Waals surface area contributed by atoms with Crippen LogP contribution in [-0.2, 0) is 12.7 Å². The van der Waals surface area contributed by atoms with Crippen LogP contribution in [0.25, 0.3) is 10.6 Å². The van der Waals surface area contributed by atoms with Gasteiger partial charge in [-0.15, -0.1) is 11.3 Å². The Labute approximate surface area is 138 Å². The number of hydrogen-bond acceptors (Lipinski definition) is 4. The molecule has 0 bridgehead atoms. The largest absolute Gasteiger partial charge is 0.416 e. The van der Waals surface area contributed by atoms with Crippen LogP contribution in [-0.4, -0.2) is 11.1 Å². The van der Waals surface area contributed by atoms with Crippen molar-refractivity contribution in [2.45, 2.75) is 12.7 Å². The molecule has 1 N–H and O–H groups in total. The number of hydrogen-bond donors (Lipinski definition) is 1. The van der Waals surface area contributed by atoms with Crippen LogP contribution in [0.2, 0.25) is 0 Å². The molecule has 3 aromatic rings. The average molecular weight is 352 g/mol. The van der Waals surface area contributed by atoms with Crippen LogP contribution in [0.4, 0.5) is 13.2 Å². The van der Waals surface area contributed by atoms with Gasteiger partial charge in [0.1, 0.15) is 5.69 Å². The van der Waals surface area contributed by atoms with Gasteiger partial charge >= 0.3 is 6.18 Å². The van der Waals surface area contributed by atoms with E-state index in [9.17, 15) is 18.0 Å². The van der Waals surface area contributed by atoms with Crippen LogP contribution in [0.15, 0.2) is 52.4 Å². The molecule has 8 heteroatoms. The number of halogens is 3. The summed E-state index contributed by atoms with van der Waals surface area (Å²) in [5.74, 6) is 0.119.